The van der Waals surface area contributed by atoms with E-state index in [0.717, 1.165) is 77.5 Å². The summed E-state index contributed by atoms with van der Waals surface area (Å²) in [6, 6.07) is 6.64. The summed E-state index contributed by atoms with van der Waals surface area (Å²) in [6.45, 7) is 2.02. The van der Waals surface area contributed by atoms with Crippen LogP contribution in [0.25, 0.3) is 10.1 Å². The number of piperidine rings is 1. The lowest BCUT2D eigenvalue weighted by atomic mass is 10.0. The summed E-state index contributed by atoms with van der Waals surface area (Å²) in [7, 11) is 0. The maximum absolute atomic E-state index is 13.4. The third-order valence-corrected chi connectivity index (χ3v) is 12.9. The second kappa shape index (κ2) is 14.5. The van der Waals surface area contributed by atoms with Crippen LogP contribution in [0.4, 0.5) is 10.8 Å². The summed E-state index contributed by atoms with van der Waals surface area (Å²) in [6.07, 6.45) is 8.88. The number of carbonyl (C=O) groups is 3. The number of anilines is 2. The molecule has 2 saturated heterocycles. The van der Waals surface area contributed by atoms with Crippen molar-refractivity contribution in [3.8, 4) is 0 Å². The molecule has 3 fully saturated rings. The smallest absolute Gasteiger partial charge is 0.352 e. The lowest BCUT2D eigenvalue weighted by Gasteiger charge is -2.49. The topological polar surface area (TPSA) is 168 Å². The lowest BCUT2D eigenvalue weighted by molar-refractivity contribution is -0.150. The molecule has 7 rings (SSSR count). The van der Waals surface area contributed by atoms with Crippen molar-refractivity contribution in [1.29, 1.82) is 0 Å². The second-order valence-electron chi connectivity index (χ2n) is 12.1. The summed E-state index contributed by atoms with van der Waals surface area (Å²) >= 11 is 5.37. The largest absolute Gasteiger partial charge is 0.477 e. The van der Waals surface area contributed by atoms with Crippen molar-refractivity contribution in [3.05, 3.63) is 68.3 Å². The fraction of sp³-hybridized carbons (Fsp3) is 0.394. The van der Waals surface area contributed by atoms with E-state index in [1.54, 1.807) is 22.9 Å². The van der Waals surface area contributed by atoms with Crippen LogP contribution in [0, 0.1) is 0 Å². The number of rotatable bonds is 10. The molecule has 49 heavy (non-hydrogen) atoms. The van der Waals surface area contributed by atoms with E-state index in [4.69, 9.17) is 10.6 Å². The Kier molecular flexibility index (Phi) is 9.99. The minimum atomic E-state index is -1.24. The lowest BCUT2D eigenvalue weighted by Crippen LogP contribution is -2.71. The summed E-state index contributed by atoms with van der Waals surface area (Å²) in [4.78, 5) is 65.5. The van der Waals surface area contributed by atoms with Gasteiger partial charge in [0.1, 0.15) is 28.9 Å². The van der Waals surface area contributed by atoms with Gasteiger partial charge in [0.15, 0.2) is 16.3 Å². The molecule has 256 valence electrons. The molecule has 1 saturated carbocycles. The van der Waals surface area contributed by atoms with Crippen LogP contribution in [0.15, 0.2) is 66.6 Å². The van der Waals surface area contributed by atoms with Gasteiger partial charge in [0.2, 0.25) is 0 Å². The number of hydrogen-bond donors (Lipinski definition) is 3. The van der Waals surface area contributed by atoms with Crippen molar-refractivity contribution in [2.45, 2.75) is 66.7 Å². The molecule has 0 spiro atoms. The molecule has 3 aliphatic heterocycles. The number of nitrogens with one attached hydrogen (secondary N) is 1. The van der Waals surface area contributed by atoms with Crippen LogP contribution < -0.4 is 21.4 Å². The zero-order valence-corrected chi connectivity index (χ0v) is 29.6. The normalized spacial score (nSPS) is 21.7. The standard InChI is InChI=1S/C33H34N6O6S4/c34-33-35-22(17-48-33)26(37-45-20-6-2-3-7-20)29(41)36-27-30(42)39-28(32(43)44)18(16-47-31(27)39)10-13-46-25-15-23(40)21-9-8-19(14-24(21)49-25)38-11-4-1-5-12-38/h8-10,13-15,17,20,27,31H,1-7,11-12,16H2,(H2,34,35)(H,36,41)(H,43,44)/b13-10+,37-26-/t27?,31-/m1/s1. The number of fused-ring (bicyclic) bond motifs is 2. The third-order valence-electron chi connectivity index (χ3n) is 8.93. The Morgan fingerprint density at radius 3 is 2.65 bits per heavy atom. The van der Waals surface area contributed by atoms with Gasteiger partial charge < -0.3 is 25.9 Å². The first-order valence-electron chi connectivity index (χ1n) is 16.1. The molecule has 4 N–H and O–H groups in total. The Hall–Kier alpha value is -3.86. The zero-order chi connectivity index (χ0) is 34.1. The molecule has 2 amide bonds. The second-order valence-corrected chi connectivity index (χ2v) is 16.4. The van der Waals surface area contributed by atoms with Crippen molar-refractivity contribution < 1.29 is 24.3 Å². The van der Waals surface area contributed by atoms with Gasteiger partial charge in [-0.1, -0.05) is 16.9 Å². The number of aliphatic carboxylic acids is 1. The van der Waals surface area contributed by atoms with E-state index in [2.05, 4.69) is 26.4 Å². The molecule has 1 aliphatic carbocycles. The van der Waals surface area contributed by atoms with Gasteiger partial charge in [0, 0.05) is 46.1 Å². The van der Waals surface area contributed by atoms with Crippen LogP contribution in [0.5, 0.6) is 0 Å². The van der Waals surface area contributed by atoms with Gasteiger partial charge in [-0.25, -0.2) is 9.78 Å². The number of thiazole rings is 1. The van der Waals surface area contributed by atoms with Gasteiger partial charge >= 0.3 is 5.97 Å². The number of hydrogen-bond acceptors (Lipinski definition) is 13. The molecular formula is C33H34N6O6S4. The Bertz CT molecular complexity index is 1940. The number of nitrogen functional groups attached to an aromatic ring is 1. The number of aromatic nitrogens is 1. The maximum Gasteiger partial charge on any atom is 0.352 e. The first-order valence-corrected chi connectivity index (χ1v) is 19.7. The van der Waals surface area contributed by atoms with Crippen LogP contribution in [0.3, 0.4) is 0 Å². The average Bonchev–Trinajstić information content (AvgIpc) is 3.79. The highest BCUT2D eigenvalue weighted by molar-refractivity contribution is 8.04. The van der Waals surface area contributed by atoms with Crippen LogP contribution >= 0.6 is 46.2 Å². The number of nitrogens with zero attached hydrogens (tertiary/aromatic N) is 4. The predicted octanol–water partition coefficient (Wildman–Crippen LogP) is 5.00. The molecule has 3 aromatic rings. The van der Waals surface area contributed by atoms with Gasteiger partial charge in [-0.05, 0) is 80.2 Å². The van der Waals surface area contributed by atoms with Crippen LogP contribution in [-0.4, -0.2) is 74.8 Å². The van der Waals surface area contributed by atoms with E-state index in [9.17, 15) is 24.3 Å². The summed E-state index contributed by atoms with van der Waals surface area (Å²) in [5, 5.41) is 20.7. The zero-order valence-electron chi connectivity index (χ0n) is 26.3. The summed E-state index contributed by atoms with van der Waals surface area (Å²) in [5.41, 5.74) is 7.35. The first kappa shape index (κ1) is 33.6. The summed E-state index contributed by atoms with van der Waals surface area (Å²) < 4.78 is 1.69. The molecule has 4 aliphatic rings. The number of allylic oxidation sites excluding steroid dienone is 1. The highest BCUT2D eigenvalue weighted by Crippen LogP contribution is 2.41. The molecule has 0 radical (unpaired) electrons. The Balaban J connectivity index is 1.05. The summed E-state index contributed by atoms with van der Waals surface area (Å²) in [5.74, 6) is -2.12. The van der Waals surface area contributed by atoms with Crippen molar-refractivity contribution in [2.24, 2.45) is 5.16 Å². The minimum absolute atomic E-state index is 0.0628. The number of thioether (sulfide) groups is 2. The molecule has 5 heterocycles. The van der Waals surface area contributed by atoms with E-state index in [1.165, 1.54) is 46.2 Å². The molecule has 2 atom stereocenters. The number of oxime groups is 1. The maximum atomic E-state index is 13.4. The van der Waals surface area contributed by atoms with Crippen molar-refractivity contribution in [2.75, 3.05) is 29.5 Å². The van der Waals surface area contributed by atoms with Gasteiger partial charge in [0.25, 0.3) is 11.8 Å². The van der Waals surface area contributed by atoms with Crippen LogP contribution in [0.1, 0.15) is 50.6 Å². The number of β-lactam (4-membered cyclic amide) rings is 1. The molecule has 1 unspecified atom stereocenters. The number of carboxylic acids is 1. The fourth-order valence-corrected chi connectivity index (χ4v) is 10.3. The SMILES string of the molecule is Nc1nc(/C(=N/OC2CCCC2)C(=O)NC2C(=O)N3C(C(=O)O)=C(/C=C/Sc4cc(=O)c5ccc(N6CCCCC6)cc5s4)CS[C@H]23)cs1. The first-order chi connectivity index (χ1) is 23.8. The minimum Gasteiger partial charge on any atom is -0.477 e. The number of carbonyl (C=O) groups excluding carboxylic acids is 2. The Morgan fingerprint density at radius 1 is 1.12 bits per heavy atom. The quantitative estimate of drug-likeness (QED) is 0.111. The van der Waals surface area contributed by atoms with E-state index < -0.39 is 29.2 Å². The van der Waals surface area contributed by atoms with Crippen LogP contribution in [-0.2, 0) is 19.2 Å². The predicted molar refractivity (Wildman–Crippen MR) is 195 cm³/mol. The van der Waals surface area contributed by atoms with Gasteiger partial charge in [0.05, 0.1) is 4.21 Å². The Morgan fingerprint density at radius 2 is 1.92 bits per heavy atom. The molecular weight excluding hydrogens is 705 g/mol. The molecule has 2 aromatic heterocycles. The van der Waals surface area contributed by atoms with Gasteiger partial charge in [-0.2, -0.15) is 0 Å². The number of benzene rings is 1. The fourth-order valence-electron chi connectivity index (χ4n) is 6.41. The van der Waals surface area contributed by atoms with Crippen molar-refractivity contribution in [1.82, 2.24) is 15.2 Å². The highest BCUT2D eigenvalue weighted by Gasteiger charge is 2.54. The van der Waals surface area contributed by atoms with Crippen molar-refractivity contribution in [3.63, 3.8) is 0 Å². The van der Waals surface area contributed by atoms with Gasteiger partial charge in [-0.3, -0.25) is 19.3 Å². The van der Waals surface area contributed by atoms with E-state index in [-0.39, 0.29) is 33.8 Å². The Labute approximate surface area is 298 Å². The third kappa shape index (κ3) is 7.09. The highest BCUT2D eigenvalue weighted by atomic mass is 32.2. The number of nitrogens with two attached hydrogens (primary N) is 1. The van der Waals surface area contributed by atoms with E-state index >= 15 is 0 Å². The van der Waals surface area contributed by atoms with Crippen molar-refractivity contribution >= 4 is 90.6 Å². The molecule has 0 bridgehead atoms. The molecule has 12 nitrogen and oxygen atoms in total. The number of amides is 2. The van der Waals surface area contributed by atoms with Crippen LogP contribution in [0.2, 0.25) is 0 Å². The molecule has 1 aromatic carbocycles. The van der Waals surface area contributed by atoms with E-state index in [0.29, 0.717) is 16.7 Å². The van der Waals surface area contributed by atoms with Gasteiger partial charge in [-0.15, -0.1) is 34.4 Å². The van der Waals surface area contributed by atoms with E-state index in [1.807, 2.05) is 12.1 Å². The average molecular weight is 739 g/mol. The number of carboxylic acid groups (broad SMARTS) is 1. The monoisotopic (exact) mass is 738 g/mol. The molecule has 16 heteroatoms.